The number of rotatable bonds is 3. The van der Waals surface area contributed by atoms with Crippen molar-refractivity contribution in [1.82, 2.24) is 0 Å². The van der Waals surface area contributed by atoms with Crippen LogP contribution in [0.5, 0.6) is 0 Å². The van der Waals surface area contributed by atoms with Crippen LogP contribution >= 0.6 is 23.4 Å². The SMILES string of the molecule is CC(C)C1SC(Cc2ccccc2Cl)=NC1=O. The highest BCUT2D eigenvalue weighted by Crippen LogP contribution is 2.30. The molecular weight excluding hydrogens is 254 g/mol. The smallest absolute Gasteiger partial charge is 0.260 e. The normalized spacial score (nSPS) is 19.9. The van der Waals surface area contributed by atoms with E-state index in [4.69, 9.17) is 11.6 Å². The van der Waals surface area contributed by atoms with E-state index in [1.807, 2.05) is 38.1 Å². The van der Waals surface area contributed by atoms with Crippen molar-refractivity contribution in [2.45, 2.75) is 25.5 Å². The lowest BCUT2D eigenvalue weighted by molar-refractivity contribution is -0.117. The number of amides is 1. The van der Waals surface area contributed by atoms with E-state index in [0.29, 0.717) is 12.3 Å². The van der Waals surface area contributed by atoms with Gasteiger partial charge >= 0.3 is 0 Å². The van der Waals surface area contributed by atoms with Gasteiger partial charge in [0.05, 0.1) is 10.3 Å². The molecule has 2 nitrogen and oxygen atoms in total. The van der Waals surface area contributed by atoms with Gasteiger partial charge in [-0.15, -0.1) is 0 Å². The van der Waals surface area contributed by atoms with Crippen molar-refractivity contribution < 1.29 is 4.79 Å². The Balaban J connectivity index is 2.10. The zero-order chi connectivity index (χ0) is 12.4. The summed E-state index contributed by atoms with van der Waals surface area (Å²) in [6.45, 7) is 4.09. The van der Waals surface area contributed by atoms with Crippen molar-refractivity contribution in [2.75, 3.05) is 0 Å². The van der Waals surface area contributed by atoms with Gasteiger partial charge in [-0.3, -0.25) is 4.79 Å². The first-order chi connectivity index (χ1) is 8.08. The first-order valence-electron chi connectivity index (χ1n) is 5.59. The third kappa shape index (κ3) is 2.90. The molecule has 0 fully saturated rings. The molecule has 1 unspecified atom stereocenters. The van der Waals surface area contributed by atoms with Crippen LogP contribution in [0.2, 0.25) is 5.02 Å². The van der Waals surface area contributed by atoms with Crippen LogP contribution in [-0.2, 0) is 11.2 Å². The molecule has 0 radical (unpaired) electrons. The van der Waals surface area contributed by atoms with Gasteiger partial charge in [-0.2, -0.15) is 0 Å². The predicted octanol–water partition coefficient (Wildman–Crippen LogP) is 3.58. The van der Waals surface area contributed by atoms with Crippen LogP contribution < -0.4 is 0 Å². The number of halogens is 1. The van der Waals surface area contributed by atoms with E-state index in [0.717, 1.165) is 15.6 Å². The van der Waals surface area contributed by atoms with Crippen molar-refractivity contribution in [2.24, 2.45) is 10.9 Å². The van der Waals surface area contributed by atoms with E-state index < -0.39 is 0 Å². The fourth-order valence-corrected chi connectivity index (χ4v) is 3.02. The summed E-state index contributed by atoms with van der Waals surface area (Å²) >= 11 is 7.66. The highest BCUT2D eigenvalue weighted by molar-refractivity contribution is 8.15. The lowest BCUT2D eigenvalue weighted by Crippen LogP contribution is -2.17. The van der Waals surface area contributed by atoms with E-state index >= 15 is 0 Å². The Morgan fingerprint density at radius 1 is 1.41 bits per heavy atom. The number of hydrogen-bond acceptors (Lipinski definition) is 2. The molecule has 0 saturated heterocycles. The maximum absolute atomic E-state index is 11.7. The molecule has 4 heteroatoms. The Bertz CT molecular complexity index is 470. The van der Waals surface area contributed by atoms with Crippen LogP contribution in [0.1, 0.15) is 19.4 Å². The largest absolute Gasteiger partial charge is 0.271 e. The summed E-state index contributed by atoms with van der Waals surface area (Å²) in [5, 5.41) is 1.59. The van der Waals surface area contributed by atoms with Gasteiger partial charge in [0.15, 0.2) is 0 Å². The van der Waals surface area contributed by atoms with Crippen LogP contribution in [0.25, 0.3) is 0 Å². The number of nitrogens with zero attached hydrogens (tertiary/aromatic N) is 1. The van der Waals surface area contributed by atoms with Gasteiger partial charge in [0.25, 0.3) is 5.91 Å². The lowest BCUT2D eigenvalue weighted by atomic mass is 10.1. The summed E-state index contributed by atoms with van der Waals surface area (Å²) in [6.07, 6.45) is 0.652. The topological polar surface area (TPSA) is 29.4 Å². The van der Waals surface area contributed by atoms with Gasteiger partial charge in [-0.1, -0.05) is 55.4 Å². The minimum atomic E-state index is -0.0208. The van der Waals surface area contributed by atoms with Gasteiger partial charge in [0.2, 0.25) is 0 Å². The van der Waals surface area contributed by atoms with Crippen LogP contribution in [0.3, 0.4) is 0 Å². The van der Waals surface area contributed by atoms with Gasteiger partial charge in [0, 0.05) is 11.4 Å². The first-order valence-corrected chi connectivity index (χ1v) is 6.85. The van der Waals surface area contributed by atoms with Gasteiger partial charge in [-0.05, 0) is 17.5 Å². The van der Waals surface area contributed by atoms with E-state index in [-0.39, 0.29) is 11.2 Å². The molecule has 0 N–H and O–H groups in total. The molecule has 0 saturated carbocycles. The van der Waals surface area contributed by atoms with Crippen molar-refractivity contribution in [3.63, 3.8) is 0 Å². The average Bonchev–Trinajstić information content (AvgIpc) is 2.63. The van der Waals surface area contributed by atoms with E-state index in [9.17, 15) is 4.79 Å². The molecule has 0 aromatic heterocycles. The fourth-order valence-electron chi connectivity index (χ4n) is 1.72. The molecule has 1 aliphatic rings. The summed E-state index contributed by atoms with van der Waals surface area (Å²) in [4.78, 5) is 15.8. The van der Waals surface area contributed by atoms with E-state index in [1.54, 1.807) is 11.8 Å². The second-order valence-electron chi connectivity index (χ2n) is 4.39. The lowest BCUT2D eigenvalue weighted by Gasteiger charge is -2.10. The van der Waals surface area contributed by atoms with Crippen molar-refractivity contribution in [3.05, 3.63) is 34.9 Å². The Hall–Kier alpha value is -0.800. The Kier molecular flexibility index (Phi) is 3.89. The van der Waals surface area contributed by atoms with Crippen LogP contribution in [0.15, 0.2) is 29.3 Å². The Morgan fingerprint density at radius 3 is 2.71 bits per heavy atom. The molecule has 0 bridgehead atoms. The summed E-state index contributed by atoms with van der Waals surface area (Å²) in [5.41, 5.74) is 1.03. The highest BCUT2D eigenvalue weighted by Gasteiger charge is 2.30. The summed E-state index contributed by atoms with van der Waals surface area (Å²) in [5.74, 6) is 0.312. The zero-order valence-corrected chi connectivity index (χ0v) is 11.4. The first kappa shape index (κ1) is 12.7. The minimum Gasteiger partial charge on any atom is -0.271 e. The minimum absolute atomic E-state index is 0.00736. The molecule has 0 aliphatic carbocycles. The van der Waals surface area contributed by atoms with Gasteiger partial charge < -0.3 is 0 Å². The third-order valence-corrected chi connectivity index (χ3v) is 4.52. The molecule has 0 spiro atoms. The quantitative estimate of drug-likeness (QED) is 0.838. The van der Waals surface area contributed by atoms with Crippen molar-refractivity contribution in [1.29, 1.82) is 0 Å². The molecule has 17 heavy (non-hydrogen) atoms. The van der Waals surface area contributed by atoms with Gasteiger partial charge in [-0.25, -0.2) is 4.99 Å². The summed E-state index contributed by atoms with van der Waals surface area (Å²) < 4.78 is 0. The van der Waals surface area contributed by atoms with Crippen molar-refractivity contribution in [3.8, 4) is 0 Å². The maximum Gasteiger partial charge on any atom is 0.260 e. The molecule has 1 heterocycles. The Morgan fingerprint density at radius 2 is 2.12 bits per heavy atom. The number of aliphatic imine (C=N–C) groups is 1. The number of carbonyl (C=O) groups is 1. The second-order valence-corrected chi connectivity index (χ2v) is 6.02. The van der Waals surface area contributed by atoms with Crippen LogP contribution in [0.4, 0.5) is 0 Å². The molecule has 1 amide bonds. The number of thioether (sulfide) groups is 1. The van der Waals surface area contributed by atoms with Crippen LogP contribution in [-0.4, -0.2) is 16.2 Å². The fraction of sp³-hybridized carbons (Fsp3) is 0.385. The van der Waals surface area contributed by atoms with Crippen LogP contribution in [0, 0.1) is 5.92 Å². The monoisotopic (exact) mass is 267 g/mol. The summed E-state index contributed by atoms with van der Waals surface area (Å²) in [7, 11) is 0. The zero-order valence-electron chi connectivity index (χ0n) is 9.81. The Labute approximate surface area is 110 Å². The van der Waals surface area contributed by atoms with E-state index in [2.05, 4.69) is 4.99 Å². The van der Waals surface area contributed by atoms with Gasteiger partial charge in [0.1, 0.15) is 0 Å². The molecule has 90 valence electrons. The summed E-state index contributed by atoms with van der Waals surface area (Å²) in [6, 6.07) is 7.68. The number of hydrogen-bond donors (Lipinski definition) is 0. The van der Waals surface area contributed by atoms with Crippen molar-refractivity contribution >= 4 is 34.3 Å². The molecule has 1 aromatic rings. The molecule has 2 rings (SSSR count). The standard InChI is InChI=1S/C13H14ClNOS/c1-8(2)12-13(16)15-11(17-12)7-9-5-3-4-6-10(9)14/h3-6,8,12H,7H2,1-2H3. The predicted molar refractivity (Wildman–Crippen MR) is 73.8 cm³/mol. The molecule has 1 aromatic carbocycles. The number of carbonyl (C=O) groups excluding carboxylic acids is 1. The molecule has 1 aliphatic heterocycles. The molecule has 1 atom stereocenters. The number of benzene rings is 1. The second kappa shape index (κ2) is 5.23. The molecular formula is C13H14ClNOS. The maximum atomic E-state index is 11.7. The van der Waals surface area contributed by atoms with E-state index in [1.165, 1.54) is 0 Å². The highest BCUT2D eigenvalue weighted by atomic mass is 35.5. The third-order valence-electron chi connectivity index (χ3n) is 2.65. The average molecular weight is 268 g/mol.